The number of hydrogen-bond donors (Lipinski definition) is 1. The van der Waals surface area contributed by atoms with Crippen LogP contribution in [0.25, 0.3) is 6.08 Å². The molecule has 0 aliphatic heterocycles. The van der Waals surface area contributed by atoms with Crippen LogP contribution in [0, 0.1) is 0 Å². The maximum atomic E-state index is 11.0. The highest BCUT2D eigenvalue weighted by molar-refractivity contribution is 5.90. The van der Waals surface area contributed by atoms with E-state index in [-0.39, 0.29) is 0 Å². The van der Waals surface area contributed by atoms with Crippen LogP contribution in [0.4, 0.5) is 0 Å². The Morgan fingerprint density at radius 1 is 0.929 bits per heavy atom. The van der Waals surface area contributed by atoms with Crippen LogP contribution in [-0.4, -0.2) is 13.0 Å². The molecule has 0 spiro atoms. The molecule has 0 aliphatic rings. The van der Waals surface area contributed by atoms with E-state index in [0.717, 1.165) is 34.6 Å². The van der Waals surface area contributed by atoms with Crippen molar-refractivity contribution in [3.05, 3.63) is 101 Å². The van der Waals surface area contributed by atoms with Crippen molar-refractivity contribution in [1.29, 1.82) is 0 Å². The van der Waals surface area contributed by atoms with E-state index in [4.69, 9.17) is 15.2 Å². The average molecular weight is 373 g/mol. The number of carbonyl (C=O) groups is 1. The number of benzene rings is 3. The van der Waals surface area contributed by atoms with Crippen molar-refractivity contribution in [3.8, 4) is 11.5 Å². The lowest BCUT2D eigenvalue weighted by Gasteiger charge is -2.14. The third kappa shape index (κ3) is 5.24. The summed E-state index contributed by atoms with van der Waals surface area (Å²) in [5, 5.41) is 0. The van der Waals surface area contributed by atoms with Crippen LogP contribution in [0.5, 0.6) is 11.5 Å². The summed E-state index contributed by atoms with van der Waals surface area (Å²) in [4.78, 5) is 11.0. The van der Waals surface area contributed by atoms with E-state index in [9.17, 15) is 4.79 Å². The van der Waals surface area contributed by atoms with Crippen LogP contribution >= 0.6 is 0 Å². The summed E-state index contributed by atoms with van der Waals surface area (Å²) in [6.45, 7) is 0.354. The number of primary amides is 1. The van der Waals surface area contributed by atoms with Gasteiger partial charge in [-0.15, -0.1) is 0 Å². The highest BCUT2D eigenvalue weighted by Crippen LogP contribution is 2.26. The minimum absolute atomic E-state index is 0.354. The van der Waals surface area contributed by atoms with Gasteiger partial charge in [0.1, 0.15) is 18.1 Å². The molecule has 1 amide bonds. The molecular weight excluding hydrogens is 350 g/mol. The van der Waals surface area contributed by atoms with E-state index in [0.29, 0.717) is 6.61 Å². The lowest BCUT2D eigenvalue weighted by Crippen LogP contribution is -2.05. The van der Waals surface area contributed by atoms with Gasteiger partial charge in [-0.2, -0.15) is 0 Å². The molecule has 0 saturated heterocycles. The normalized spacial score (nSPS) is 10.8. The lowest BCUT2D eigenvalue weighted by atomic mass is 10.0. The quantitative estimate of drug-likeness (QED) is 0.597. The number of rotatable bonds is 8. The number of para-hydroxylation sites is 1. The van der Waals surface area contributed by atoms with Gasteiger partial charge in [0.25, 0.3) is 0 Å². The van der Waals surface area contributed by atoms with Crippen molar-refractivity contribution in [3.63, 3.8) is 0 Å². The molecule has 4 heteroatoms. The number of nitrogens with two attached hydrogens (primary N) is 1. The number of hydrogen-bond acceptors (Lipinski definition) is 3. The Kier molecular flexibility index (Phi) is 6.47. The first-order chi connectivity index (χ1) is 13.7. The molecular formula is C24H23NO3. The molecule has 0 aromatic heterocycles. The molecule has 0 radical (unpaired) electrons. The molecule has 3 aromatic carbocycles. The van der Waals surface area contributed by atoms with Crippen LogP contribution < -0.4 is 15.2 Å². The molecule has 0 heterocycles. The maximum absolute atomic E-state index is 11.0. The Balaban J connectivity index is 1.78. The molecule has 142 valence electrons. The summed E-state index contributed by atoms with van der Waals surface area (Å²) < 4.78 is 11.6. The number of ether oxygens (including phenoxy) is 2. The van der Waals surface area contributed by atoms with Gasteiger partial charge in [-0.05, 0) is 41.0 Å². The van der Waals surface area contributed by atoms with E-state index in [1.165, 1.54) is 11.6 Å². The van der Waals surface area contributed by atoms with Gasteiger partial charge in [0, 0.05) is 18.1 Å². The molecule has 0 fully saturated rings. The minimum Gasteiger partial charge on any atom is -0.496 e. The first kappa shape index (κ1) is 19.2. The zero-order chi connectivity index (χ0) is 19.8. The molecule has 3 aromatic rings. The monoisotopic (exact) mass is 373 g/mol. The van der Waals surface area contributed by atoms with Gasteiger partial charge in [0.2, 0.25) is 5.91 Å². The zero-order valence-corrected chi connectivity index (χ0v) is 15.8. The van der Waals surface area contributed by atoms with E-state index >= 15 is 0 Å². The minimum atomic E-state index is -0.483. The molecule has 0 saturated carbocycles. The second-order valence-corrected chi connectivity index (χ2v) is 6.37. The van der Waals surface area contributed by atoms with Gasteiger partial charge in [-0.1, -0.05) is 54.6 Å². The molecule has 0 unspecified atom stereocenters. The van der Waals surface area contributed by atoms with Gasteiger partial charge in [0.05, 0.1) is 7.11 Å². The highest BCUT2D eigenvalue weighted by atomic mass is 16.5. The molecule has 0 atom stereocenters. The highest BCUT2D eigenvalue weighted by Gasteiger charge is 2.08. The fourth-order valence-electron chi connectivity index (χ4n) is 2.96. The van der Waals surface area contributed by atoms with Crippen molar-refractivity contribution in [2.75, 3.05) is 7.11 Å². The lowest BCUT2D eigenvalue weighted by molar-refractivity contribution is -0.113. The fourth-order valence-corrected chi connectivity index (χ4v) is 2.96. The molecule has 4 nitrogen and oxygen atoms in total. The van der Waals surface area contributed by atoms with Crippen LogP contribution in [0.1, 0.15) is 22.3 Å². The number of methoxy groups -OCH3 is 1. The Bertz CT molecular complexity index is 965. The Hall–Kier alpha value is -3.53. The summed E-state index contributed by atoms with van der Waals surface area (Å²) >= 11 is 0. The van der Waals surface area contributed by atoms with E-state index < -0.39 is 5.91 Å². The van der Waals surface area contributed by atoms with Crippen molar-refractivity contribution in [2.45, 2.75) is 13.0 Å². The third-order valence-electron chi connectivity index (χ3n) is 4.34. The zero-order valence-electron chi connectivity index (χ0n) is 15.8. The molecule has 2 N–H and O–H groups in total. The SMILES string of the molecule is COc1ccc(/C=C\C(N)=O)cc1COc1ccccc1Cc1ccccc1. The van der Waals surface area contributed by atoms with E-state index in [1.54, 1.807) is 13.2 Å². The molecule has 0 bridgehead atoms. The van der Waals surface area contributed by atoms with Gasteiger partial charge < -0.3 is 15.2 Å². The van der Waals surface area contributed by atoms with Gasteiger partial charge in [-0.25, -0.2) is 0 Å². The van der Waals surface area contributed by atoms with Crippen LogP contribution in [0.2, 0.25) is 0 Å². The Morgan fingerprint density at radius 3 is 2.43 bits per heavy atom. The standard InChI is InChI=1S/C24H23NO3/c1-27-22-13-11-19(12-14-24(25)26)16-21(22)17-28-23-10-6-5-9-20(23)15-18-7-3-2-4-8-18/h2-14,16H,15,17H2,1H3,(H2,25,26)/b14-12-. The van der Waals surface area contributed by atoms with Crippen molar-refractivity contribution < 1.29 is 14.3 Å². The largest absolute Gasteiger partial charge is 0.496 e. The summed E-state index contributed by atoms with van der Waals surface area (Å²) in [5.74, 6) is 1.09. The summed E-state index contributed by atoms with van der Waals surface area (Å²) in [7, 11) is 1.63. The Labute approximate surface area is 165 Å². The van der Waals surface area contributed by atoms with Gasteiger partial charge >= 0.3 is 0 Å². The van der Waals surface area contributed by atoms with Crippen molar-refractivity contribution in [1.82, 2.24) is 0 Å². The van der Waals surface area contributed by atoms with E-state index in [1.807, 2.05) is 54.6 Å². The second kappa shape index (κ2) is 9.42. The molecule has 28 heavy (non-hydrogen) atoms. The first-order valence-corrected chi connectivity index (χ1v) is 9.05. The molecule has 3 rings (SSSR count). The Morgan fingerprint density at radius 2 is 1.68 bits per heavy atom. The molecule has 0 aliphatic carbocycles. The average Bonchev–Trinajstić information content (AvgIpc) is 2.72. The third-order valence-corrected chi connectivity index (χ3v) is 4.34. The second-order valence-electron chi connectivity index (χ2n) is 6.37. The van der Waals surface area contributed by atoms with Crippen molar-refractivity contribution >= 4 is 12.0 Å². The first-order valence-electron chi connectivity index (χ1n) is 9.05. The topological polar surface area (TPSA) is 61.5 Å². The summed E-state index contributed by atoms with van der Waals surface area (Å²) in [5.41, 5.74) is 9.28. The van der Waals surface area contributed by atoms with Crippen LogP contribution in [0.3, 0.4) is 0 Å². The van der Waals surface area contributed by atoms with Gasteiger partial charge in [-0.3, -0.25) is 4.79 Å². The fraction of sp³-hybridized carbons (Fsp3) is 0.125. The summed E-state index contributed by atoms with van der Waals surface area (Å²) in [6.07, 6.45) is 3.81. The van der Waals surface area contributed by atoms with E-state index in [2.05, 4.69) is 18.2 Å². The van der Waals surface area contributed by atoms with Crippen LogP contribution in [0.15, 0.2) is 78.9 Å². The van der Waals surface area contributed by atoms with Crippen molar-refractivity contribution in [2.24, 2.45) is 5.73 Å². The predicted molar refractivity (Wildman–Crippen MR) is 111 cm³/mol. The van der Waals surface area contributed by atoms with Crippen LogP contribution in [-0.2, 0) is 17.8 Å². The maximum Gasteiger partial charge on any atom is 0.241 e. The number of carbonyl (C=O) groups excluding carboxylic acids is 1. The predicted octanol–water partition coefficient (Wildman–Crippen LogP) is 4.36. The smallest absolute Gasteiger partial charge is 0.241 e. The van der Waals surface area contributed by atoms with Gasteiger partial charge in [0.15, 0.2) is 0 Å². The number of amides is 1. The summed E-state index contributed by atoms with van der Waals surface area (Å²) in [6, 6.07) is 24.0.